The predicted octanol–water partition coefficient (Wildman–Crippen LogP) is 6.44. The van der Waals surface area contributed by atoms with E-state index in [-0.39, 0.29) is 6.10 Å². The van der Waals surface area contributed by atoms with E-state index in [1.165, 1.54) is 32.1 Å². The van der Waals surface area contributed by atoms with Gasteiger partial charge in [0, 0.05) is 0 Å². The van der Waals surface area contributed by atoms with Crippen LogP contribution in [0.3, 0.4) is 0 Å². The molecule has 0 aromatic carbocycles. The molecule has 0 amide bonds. The lowest BCUT2D eigenvalue weighted by Crippen LogP contribution is -2.42. The highest BCUT2D eigenvalue weighted by Gasteiger charge is 2.45. The standard InChI is InChI=1S/C21H36O.C2H6/c1-14-2-10-20-17(12-14)3-4-18-13-16(7-11-21(18)20)15-5-8-19(22)9-6-15;1-2/h14-22H,2-13H2,1H3;1-2H3. The van der Waals surface area contributed by atoms with E-state index in [1.54, 1.807) is 32.1 Å². The topological polar surface area (TPSA) is 20.2 Å². The third-order valence-corrected chi connectivity index (χ3v) is 8.25. The predicted molar refractivity (Wildman–Crippen MR) is 103 cm³/mol. The van der Waals surface area contributed by atoms with Gasteiger partial charge >= 0.3 is 0 Å². The molecule has 24 heavy (non-hydrogen) atoms. The molecule has 0 spiro atoms. The van der Waals surface area contributed by atoms with E-state index in [9.17, 15) is 5.11 Å². The summed E-state index contributed by atoms with van der Waals surface area (Å²) < 4.78 is 0. The van der Waals surface area contributed by atoms with Gasteiger partial charge in [-0.3, -0.25) is 0 Å². The maximum absolute atomic E-state index is 9.76. The fourth-order valence-electron chi connectivity index (χ4n) is 7.07. The third-order valence-electron chi connectivity index (χ3n) is 8.25. The van der Waals surface area contributed by atoms with Crippen molar-refractivity contribution >= 4 is 0 Å². The van der Waals surface area contributed by atoms with Crippen LogP contribution in [0.4, 0.5) is 0 Å². The van der Waals surface area contributed by atoms with Gasteiger partial charge < -0.3 is 5.11 Å². The first-order chi connectivity index (χ1) is 11.7. The summed E-state index contributed by atoms with van der Waals surface area (Å²) in [7, 11) is 0. The van der Waals surface area contributed by atoms with Gasteiger partial charge in [0.05, 0.1) is 6.10 Å². The lowest BCUT2D eigenvalue weighted by atomic mass is 9.54. The summed E-state index contributed by atoms with van der Waals surface area (Å²) in [6, 6.07) is 0. The Morgan fingerprint density at radius 3 is 1.71 bits per heavy atom. The van der Waals surface area contributed by atoms with E-state index < -0.39 is 0 Å². The van der Waals surface area contributed by atoms with Crippen LogP contribution in [0.5, 0.6) is 0 Å². The minimum absolute atomic E-state index is 0.0206. The minimum Gasteiger partial charge on any atom is -0.393 e. The fraction of sp³-hybridized carbons (Fsp3) is 1.00. The molecule has 4 aliphatic rings. The van der Waals surface area contributed by atoms with Crippen LogP contribution < -0.4 is 0 Å². The van der Waals surface area contributed by atoms with Crippen molar-refractivity contribution in [2.75, 3.05) is 0 Å². The van der Waals surface area contributed by atoms with Crippen LogP contribution in [-0.2, 0) is 0 Å². The summed E-state index contributed by atoms with van der Waals surface area (Å²) in [6.45, 7) is 6.48. The molecular formula is C23H42O. The molecular weight excluding hydrogens is 292 g/mol. The average Bonchev–Trinajstić information content (AvgIpc) is 2.63. The van der Waals surface area contributed by atoms with E-state index in [0.717, 1.165) is 54.3 Å². The first-order valence-corrected chi connectivity index (χ1v) is 11.4. The molecule has 140 valence electrons. The maximum Gasteiger partial charge on any atom is 0.0540 e. The van der Waals surface area contributed by atoms with Crippen molar-refractivity contribution in [3.05, 3.63) is 0 Å². The second kappa shape index (κ2) is 8.56. The van der Waals surface area contributed by atoms with Gasteiger partial charge in [-0.05, 0) is 112 Å². The minimum atomic E-state index is 0.0206. The van der Waals surface area contributed by atoms with Gasteiger partial charge in [-0.15, -0.1) is 0 Å². The number of hydrogen-bond acceptors (Lipinski definition) is 1. The van der Waals surface area contributed by atoms with Gasteiger partial charge in [0.25, 0.3) is 0 Å². The monoisotopic (exact) mass is 334 g/mol. The summed E-state index contributed by atoms with van der Waals surface area (Å²) in [5.41, 5.74) is 0. The van der Waals surface area contributed by atoms with Crippen LogP contribution in [0.2, 0.25) is 0 Å². The fourth-order valence-corrected chi connectivity index (χ4v) is 7.07. The van der Waals surface area contributed by atoms with Crippen molar-refractivity contribution in [1.82, 2.24) is 0 Å². The first kappa shape index (κ1) is 18.7. The molecule has 0 bridgehead atoms. The van der Waals surface area contributed by atoms with Crippen molar-refractivity contribution in [3.8, 4) is 0 Å². The highest BCUT2D eigenvalue weighted by atomic mass is 16.3. The zero-order chi connectivity index (χ0) is 17.1. The molecule has 0 saturated heterocycles. The van der Waals surface area contributed by atoms with Gasteiger partial charge in [0.15, 0.2) is 0 Å². The summed E-state index contributed by atoms with van der Waals surface area (Å²) in [6.07, 6.45) is 17.1. The van der Waals surface area contributed by atoms with Crippen molar-refractivity contribution in [2.45, 2.75) is 104 Å². The molecule has 0 radical (unpaired) electrons. The number of aliphatic hydroxyl groups is 1. The summed E-state index contributed by atoms with van der Waals surface area (Å²) >= 11 is 0. The molecule has 6 unspecified atom stereocenters. The first-order valence-electron chi connectivity index (χ1n) is 11.4. The molecule has 4 aliphatic carbocycles. The van der Waals surface area contributed by atoms with Crippen molar-refractivity contribution in [2.24, 2.45) is 41.4 Å². The molecule has 0 aromatic rings. The summed E-state index contributed by atoms with van der Waals surface area (Å²) in [5, 5.41) is 9.76. The lowest BCUT2D eigenvalue weighted by molar-refractivity contribution is -0.0164. The number of aliphatic hydroxyl groups excluding tert-OH is 1. The zero-order valence-corrected chi connectivity index (χ0v) is 16.6. The van der Waals surface area contributed by atoms with Gasteiger partial charge in [-0.1, -0.05) is 27.2 Å². The largest absolute Gasteiger partial charge is 0.393 e. The van der Waals surface area contributed by atoms with Crippen molar-refractivity contribution in [3.63, 3.8) is 0 Å². The lowest BCUT2D eigenvalue weighted by Gasteiger charge is -2.51. The van der Waals surface area contributed by atoms with E-state index in [4.69, 9.17) is 0 Å². The van der Waals surface area contributed by atoms with E-state index in [2.05, 4.69) is 6.92 Å². The van der Waals surface area contributed by atoms with Gasteiger partial charge in [-0.2, -0.15) is 0 Å². The maximum atomic E-state index is 9.76. The van der Waals surface area contributed by atoms with Crippen LogP contribution in [0.15, 0.2) is 0 Å². The highest BCUT2D eigenvalue weighted by molar-refractivity contribution is 4.95. The molecule has 4 fully saturated rings. The van der Waals surface area contributed by atoms with Crippen LogP contribution in [-0.4, -0.2) is 11.2 Å². The van der Waals surface area contributed by atoms with Gasteiger partial charge in [0.1, 0.15) is 0 Å². The highest BCUT2D eigenvalue weighted by Crippen LogP contribution is 2.54. The van der Waals surface area contributed by atoms with Crippen LogP contribution >= 0.6 is 0 Å². The third kappa shape index (κ3) is 4.02. The van der Waals surface area contributed by atoms with E-state index in [1.807, 2.05) is 13.8 Å². The Morgan fingerprint density at radius 1 is 0.542 bits per heavy atom. The Kier molecular flexibility index (Phi) is 6.69. The smallest absolute Gasteiger partial charge is 0.0540 e. The summed E-state index contributed by atoms with van der Waals surface area (Å²) in [5.74, 6) is 7.32. The average molecular weight is 335 g/mol. The Balaban J connectivity index is 0.000000815. The number of hydrogen-bond donors (Lipinski definition) is 1. The zero-order valence-electron chi connectivity index (χ0n) is 16.6. The molecule has 1 heteroatoms. The Hall–Kier alpha value is -0.0400. The molecule has 6 atom stereocenters. The SMILES string of the molecule is CC.CC1CCC2C(CCC3CC(C4CCC(O)CC4)CCC32)C1. The van der Waals surface area contributed by atoms with Crippen molar-refractivity contribution in [1.29, 1.82) is 0 Å². The normalized spacial score (nSPS) is 48.5. The Labute approximate surface area is 151 Å². The van der Waals surface area contributed by atoms with Crippen molar-refractivity contribution < 1.29 is 5.11 Å². The number of fused-ring (bicyclic) bond motifs is 3. The van der Waals surface area contributed by atoms with E-state index >= 15 is 0 Å². The quantitative estimate of drug-likeness (QED) is 0.585. The second-order valence-corrected chi connectivity index (χ2v) is 9.49. The molecule has 0 aromatic heterocycles. The Morgan fingerprint density at radius 2 is 1.04 bits per heavy atom. The molecule has 1 nitrogen and oxygen atoms in total. The molecule has 0 heterocycles. The molecule has 1 N–H and O–H groups in total. The summed E-state index contributed by atoms with van der Waals surface area (Å²) in [4.78, 5) is 0. The van der Waals surface area contributed by atoms with E-state index in [0.29, 0.717) is 0 Å². The van der Waals surface area contributed by atoms with Crippen LogP contribution in [0.25, 0.3) is 0 Å². The van der Waals surface area contributed by atoms with Crippen LogP contribution in [0, 0.1) is 41.4 Å². The van der Waals surface area contributed by atoms with Gasteiger partial charge in [0.2, 0.25) is 0 Å². The second-order valence-electron chi connectivity index (χ2n) is 9.49. The Bertz CT molecular complexity index is 370. The molecule has 0 aliphatic heterocycles. The van der Waals surface area contributed by atoms with Gasteiger partial charge in [-0.25, -0.2) is 0 Å². The number of rotatable bonds is 1. The van der Waals surface area contributed by atoms with Crippen LogP contribution in [0.1, 0.15) is 97.8 Å². The molecule has 4 rings (SSSR count). The molecule has 4 saturated carbocycles.